The van der Waals surface area contributed by atoms with E-state index in [1.54, 1.807) is 19.2 Å². The molecular formula is C17H25ClFN3O3. The predicted molar refractivity (Wildman–Crippen MR) is 94.9 cm³/mol. The monoisotopic (exact) mass is 373 g/mol. The van der Waals surface area contributed by atoms with E-state index in [2.05, 4.69) is 10.6 Å². The average molecular weight is 374 g/mol. The summed E-state index contributed by atoms with van der Waals surface area (Å²) >= 11 is 5.33. The Bertz CT molecular complexity index is 531. The van der Waals surface area contributed by atoms with Gasteiger partial charge in [-0.1, -0.05) is 23.7 Å². The molecule has 0 aromatic heterocycles. The fourth-order valence-corrected chi connectivity index (χ4v) is 2.11. The van der Waals surface area contributed by atoms with Gasteiger partial charge in [-0.2, -0.15) is 0 Å². The zero-order valence-electron chi connectivity index (χ0n) is 14.6. The summed E-state index contributed by atoms with van der Waals surface area (Å²) in [5, 5.41) is 6.23. The molecule has 0 spiro atoms. The van der Waals surface area contributed by atoms with Crippen molar-refractivity contribution in [1.29, 1.82) is 0 Å². The molecule has 140 valence electrons. The van der Waals surface area contributed by atoms with Gasteiger partial charge in [0.1, 0.15) is 5.82 Å². The zero-order chi connectivity index (χ0) is 18.7. The SMILES string of the molecule is CC(=O)N(C)CC(=O)NCC1CNCCOC1.Fc1ccccc1Cl. The van der Waals surface area contributed by atoms with Crippen LogP contribution < -0.4 is 10.6 Å². The maximum atomic E-state index is 12.2. The first-order valence-corrected chi connectivity index (χ1v) is 8.44. The summed E-state index contributed by atoms with van der Waals surface area (Å²) in [6.45, 7) is 5.22. The van der Waals surface area contributed by atoms with Crippen LogP contribution in [0.3, 0.4) is 0 Å². The van der Waals surface area contributed by atoms with Crippen molar-refractivity contribution in [2.45, 2.75) is 6.92 Å². The molecule has 1 atom stereocenters. The molecule has 2 rings (SSSR count). The van der Waals surface area contributed by atoms with Crippen LogP contribution in [0.25, 0.3) is 0 Å². The lowest BCUT2D eigenvalue weighted by molar-refractivity contribution is -0.133. The predicted octanol–water partition coefficient (Wildman–Crippen LogP) is 1.30. The fraction of sp³-hybridized carbons (Fsp3) is 0.529. The van der Waals surface area contributed by atoms with Crippen molar-refractivity contribution in [3.63, 3.8) is 0 Å². The molecule has 0 saturated carbocycles. The number of benzene rings is 1. The highest BCUT2D eigenvalue weighted by molar-refractivity contribution is 6.30. The van der Waals surface area contributed by atoms with Crippen molar-refractivity contribution in [1.82, 2.24) is 15.5 Å². The number of amides is 2. The number of ether oxygens (including phenoxy) is 1. The molecule has 1 heterocycles. The number of hydrogen-bond acceptors (Lipinski definition) is 4. The standard InChI is InChI=1S/C11H21N3O3.C6H4ClF/c1-9(15)14(2)7-11(16)13-6-10-5-12-3-4-17-8-10;7-5-3-1-2-4-6(5)8/h10,12H,3-8H2,1-2H3,(H,13,16);1-4H. The number of hydrogen-bond donors (Lipinski definition) is 2. The van der Waals surface area contributed by atoms with Crippen molar-refractivity contribution >= 4 is 23.4 Å². The van der Waals surface area contributed by atoms with Crippen molar-refractivity contribution in [3.8, 4) is 0 Å². The third-order valence-electron chi connectivity index (χ3n) is 3.54. The van der Waals surface area contributed by atoms with E-state index in [1.165, 1.54) is 24.0 Å². The molecule has 2 N–H and O–H groups in total. The first-order valence-electron chi connectivity index (χ1n) is 8.07. The van der Waals surface area contributed by atoms with Gasteiger partial charge in [0.05, 0.1) is 24.8 Å². The van der Waals surface area contributed by atoms with Gasteiger partial charge in [-0.3, -0.25) is 9.59 Å². The van der Waals surface area contributed by atoms with E-state index in [0.29, 0.717) is 19.1 Å². The van der Waals surface area contributed by atoms with Crippen LogP contribution in [0.15, 0.2) is 24.3 Å². The molecule has 8 heteroatoms. The number of likely N-dealkylation sites (N-methyl/N-ethyl adjacent to an activating group) is 1. The highest BCUT2D eigenvalue weighted by Gasteiger charge is 2.14. The quantitative estimate of drug-likeness (QED) is 0.834. The highest BCUT2D eigenvalue weighted by atomic mass is 35.5. The minimum Gasteiger partial charge on any atom is -0.380 e. The molecule has 1 aliphatic heterocycles. The van der Waals surface area contributed by atoms with Crippen LogP contribution in [0.5, 0.6) is 0 Å². The van der Waals surface area contributed by atoms with Gasteiger partial charge < -0.3 is 20.3 Å². The number of carbonyl (C=O) groups is 2. The molecular weight excluding hydrogens is 349 g/mol. The van der Waals surface area contributed by atoms with Crippen LogP contribution in [-0.4, -0.2) is 63.2 Å². The second-order valence-corrected chi connectivity index (χ2v) is 6.15. The minimum absolute atomic E-state index is 0.107. The summed E-state index contributed by atoms with van der Waals surface area (Å²) in [6, 6.07) is 6.12. The first-order chi connectivity index (χ1) is 11.9. The lowest BCUT2D eigenvalue weighted by atomic mass is 10.1. The molecule has 0 aliphatic carbocycles. The van der Waals surface area contributed by atoms with Gasteiger partial charge in [0.25, 0.3) is 0 Å². The molecule has 1 fully saturated rings. The lowest BCUT2D eigenvalue weighted by Gasteiger charge is -2.17. The van der Waals surface area contributed by atoms with E-state index in [-0.39, 0.29) is 29.2 Å². The Balaban J connectivity index is 0.000000324. The largest absolute Gasteiger partial charge is 0.380 e. The van der Waals surface area contributed by atoms with Gasteiger partial charge >= 0.3 is 0 Å². The second kappa shape index (κ2) is 11.8. The normalized spacial score (nSPS) is 16.9. The van der Waals surface area contributed by atoms with Crippen LogP contribution in [-0.2, 0) is 14.3 Å². The molecule has 0 bridgehead atoms. The molecule has 1 aromatic carbocycles. The van der Waals surface area contributed by atoms with Gasteiger partial charge in [0, 0.05) is 39.5 Å². The zero-order valence-corrected chi connectivity index (χ0v) is 15.3. The first kappa shape index (κ1) is 21.3. The summed E-state index contributed by atoms with van der Waals surface area (Å²) < 4.78 is 17.6. The third-order valence-corrected chi connectivity index (χ3v) is 3.85. The Morgan fingerprint density at radius 2 is 2.16 bits per heavy atom. The topological polar surface area (TPSA) is 70.7 Å². The number of nitrogens with zero attached hydrogens (tertiary/aromatic N) is 1. The summed E-state index contributed by atoms with van der Waals surface area (Å²) in [6.07, 6.45) is 0. The van der Waals surface area contributed by atoms with E-state index in [4.69, 9.17) is 16.3 Å². The minimum atomic E-state index is -0.367. The van der Waals surface area contributed by atoms with Crippen LogP contribution in [0.4, 0.5) is 4.39 Å². The molecule has 1 aliphatic rings. The summed E-state index contributed by atoms with van der Waals surface area (Å²) in [5.74, 6) is -0.315. The molecule has 1 unspecified atom stereocenters. The fourth-order valence-electron chi connectivity index (χ4n) is 1.97. The van der Waals surface area contributed by atoms with E-state index in [1.807, 2.05) is 0 Å². The van der Waals surface area contributed by atoms with E-state index in [0.717, 1.165) is 19.7 Å². The van der Waals surface area contributed by atoms with Crippen LogP contribution in [0, 0.1) is 11.7 Å². The molecule has 1 aromatic rings. The second-order valence-electron chi connectivity index (χ2n) is 5.74. The number of halogens is 2. The Kier molecular flexibility index (Phi) is 10.1. The average Bonchev–Trinajstić information content (AvgIpc) is 2.85. The Labute approximate surface area is 152 Å². The molecule has 25 heavy (non-hydrogen) atoms. The summed E-state index contributed by atoms with van der Waals surface area (Å²) in [4.78, 5) is 23.9. The number of nitrogens with one attached hydrogen (secondary N) is 2. The van der Waals surface area contributed by atoms with E-state index < -0.39 is 0 Å². The van der Waals surface area contributed by atoms with Gasteiger partial charge in [-0.05, 0) is 12.1 Å². The molecule has 0 radical (unpaired) electrons. The van der Waals surface area contributed by atoms with Crippen LogP contribution >= 0.6 is 11.6 Å². The maximum absolute atomic E-state index is 12.2. The molecule has 1 saturated heterocycles. The van der Waals surface area contributed by atoms with E-state index in [9.17, 15) is 14.0 Å². The van der Waals surface area contributed by atoms with Crippen molar-refractivity contribution in [3.05, 3.63) is 35.1 Å². The summed E-state index contributed by atoms with van der Waals surface area (Å²) in [7, 11) is 1.61. The Hall–Kier alpha value is -1.70. The van der Waals surface area contributed by atoms with Crippen molar-refractivity contribution < 1.29 is 18.7 Å². The summed E-state index contributed by atoms with van der Waals surface area (Å²) in [5.41, 5.74) is 0. The van der Waals surface area contributed by atoms with Gasteiger partial charge in [-0.25, -0.2) is 4.39 Å². The van der Waals surface area contributed by atoms with Crippen molar-refractivity contribution in [2.75, 3.05) is 46.4 Å². The smallest absolute Gasteiger partial charge is 0.239 e. The van der Waals surface area contributed by atoms with Crippen molar-refractivity contribution in [2.24, 2.45) is 5.92 Å². The Morgan fingerprint density at radius 3 is 2.76 bits per heavy atom. The van der Waals surface area contributed by atoms with Crippen LogP contribution in [0.2, 0.25) is 5.02 Å². The van der Waals surface area contributed by atoms with Gasteiger partial charge in [0.2, 0.25) is 11.8 Å². The Morgan fingerprint density at radius 1 is 1.44 bits per heavy atom. The maximum Gasteiger partial charge on any atom is 0.239 e. The number of rotatable bonds is 4. The van der Waals surface area contributed by atoms with Gasteiger partial charge in [0.15, 0.2) is 0 Å². The molecule has 2 amide bonds. The lowest BCUT2D eigenvalue weighted by Crippen LogP contribution is -2.41. The third kappa shape index (κ3) is 9.38. The van der Waals surface area contributed by atoms with Gasteiger partial charge in [-0.15, -0.1) is 0 Å². The molecule has 6 nitrogen and oxygen atoms in total. The highest BCUT2D eigenvalue weighted by Crippen LogP contribution is 2.11. The van der Waals surface area contributed by atoms with E-state index >= 15 is 0 Å². The van der Waals surface area contributed by atoms with Crippen LogP contribution in [0.1, 0.15) is 6.92 Å². The number of carbonyl (C=O) groups excluding carboxylic acids is 2.